The van der Waals surface area contributed by atoms with E-state index in [0.717, 1.165) is 0 Å². The van der Waals surface area contributed by atoms with E-state index in [1.165, 1.54) is 4.90 Å². The summed E-state index contributed by atoms with van der Waals surface area (Å²) in [6.07, 6.45) is 0. The molecule has 152 valence electrons. The van der Waals surface area contributed by atoms with Gasteiger partial charge in [-0.15, -0.1) is 0 Å². The molecule has 1 aliphatic rings. The summed E-state index contributed by atoms with van der Waals surface area (Å²) in [6.45, 7) is 6.74. The highest BCUT2D eigenvalue weighted by Crippen LogP contribution is 2.35. The summed E-state index contributed by atoms with van der Waals surface area (Å²) in [5, 5.41) is 3.16. The third-order valence-corrected chi connectivity index (χ3v) is 4.51. The van der Waals surface area contributed by atoms with Crippen LogP contribution in [0, 0.1) is 5.92 Å². The van der Waals surface area contributed by atoms with Crippen LogP contribution < -0.4 is 14.8 Å². The smallest absolute Gasteiger partial charge is 0.278 e. The number of ether oxygens (including phenoxy) is 2. The van der Waals surface area contributed by atoms with Crippen molar-refractivity contribution in [3.63, 3.8) is 0 Å². The van der Waals surface area contributed by atoms with Crippen molar-refractivity contribution in [2.45, 2.75) is 20.8 Å². The van der Waals surface area contributed by atoms with Crippen LogP contribution in [0.25, 0.3) is 5.57 Å². The van der Waals surface area contributed by atoms with Crippen LogP contribution in [0.3, 0.4) is 0 Å². The predicted molar refractivity (Wildman–Crippen MR) is 113 cm³/mol. The molecule has 2 amide bonds. The molecule has 1 N–H and O–H groups in total. The molecule has 29 heavy (non-hydrogen) atoms. The van der Waals surface area contributed by atoms with Gasteiger partial charge in [-0.3, -0.25) is 14.5 Å². The molecule has 0 bridgehead atoms. The summed E-state index contributed by atoms with van der Waals surface area (Å²) in [6, 6.07) is 14.5. The van der Waals surface area contributed by atoms with Crippen LogP contribution in [0.4, 0.5) is 5.69 Å². The Morgan fingerprint density at radius 1 is 1.03 bits per heavy atom. The number of anilines is 1. The first-order valence-electron chi connectivity index (χ1n) is 9.70. The maximum absolute atomic E-state index is 13.2. The Kier molecular flexibility index (Phi) is 6.22. The van der Waals surface area contributed by atoms with E-state index in [1.807, 2.05) is 51.1 Å². The monoisotopic (exact) mass is 394 g/mol. The van der Waals surface area contributed by atoms with E-state index in [2.05, 4.69) is 5.32 Å². The van der Waals surface area contributed by atoms with Crippen molar-refractivity contribution in [1.29, 1.82) is 0 Å². The number of para-hydroxylation sites is 1. The van der Waals surface area contributed by atoms with Crippen molar-refractivity contribution < 1.29 is 19.1 Å². The molecule has 2 aromatic rings. The maximum Gasteiger partial charge on any atom is 0.278 e. The molecule has 0 saturated carbocycles. The molecule has 0 aromatic heterocycles. The quantitative estimate of drug-likeness (QED) is 0.687. The zero-order valence-electron chi connectivity index (χ0n) is 17.2. The van der Waals surface area contributed by atoms with Gasteiger partial charge < -0.3 is 14.8 Å². The topological polar surface area (TPSA) is 67.9 Å². The lowest BCUT2D eigenvalue weighted by molar-refractivity contribution is -0.137. The molecule has 0 atom stereocenters. The molecule has 0 saturated heterocycles. The van der Waals surface area contributed by atoms with Crippen molar-refractivity contribution in [3.8, 4) is 11.5 Å². The molecule has 0 fully saturated rings. The fraction of sp³-hybridized carbons (Fsp3) is 0.304. The van der Waals surface area contributed by atoms with E-state index < -0.39 is 0 Å². The van der Waals surface area contributed by atoms with Gasteiger partial charge in [-0.05, 0) is 31.0 Å². The van der Waals surface area contributed by atoms with Crippen LogP contribution in [-0.4, -0.2) is 37.0 Å². The molecular formula is C23H26N2O4. The van der Waals surface area contributed by atoms with Gasteiger partial charge in [0.05, 0.1) is 19.3 Å². The molecule has 0 unspecified atom stereocenters. The third-order valence-electron chi connectivity index (χ3n) is 4.51. The van der Waals surface area contributed by atoms with Gasteiger partial charge in [0.1, 0.15) is 17.2 Å². The number of benzene rings is 2. The Morgan fingerprint density at radius 2 is 1.79 bits per heavy atom. The van der Waals surface area contributed by atoms with Crippen LogP contribution in [0.1, 0.15) is 26.3 Å². The van der Waals surface area contributed by atoms with Gasteiger partial charge in [0.25, 0.3) is 11.8 Å². The number of amides is 2. The first kappa shape index (κ1) is 20.5. The van der Waals surface area contributed by atoms with Crippen molar-refractivity contribution in [2.24, 2.45) is 5.92 Å². The van der Waals surface area contributed by atoms with Crippen LogP contribution in [-0.2, 0) is 9.59 Å². The van der Waals surface area contributed by atoms with Crippen LogP contribution >= 0.6 is 0 Å². The zero-order valence-corrected chi connectivity index (χ0v) is 17.2. The molecule has 1 heterocycles. The minimum atomic E-state index is -0.341. The standard InChI is InChI=1S/C23H26N2O4/c1-5-29-17-10-8-9-16(13-17)24-21-20(18-11-6-7-12-19(18)28-4)22(26)25(23(21)27)14-15(2)3/h6-13,15,24H,5,14H2,1-4H3. The van der Waals surface area contributed by atoms with Crippen LogP contribution in [0.5, 0.6) is 11.5 Å². The van der Waals surface area contributed by atoms with Gasteiger partial charge in [-0.25, -0.2) is 0 Å². The summed E-state index contributed by atoms with van der Waals surface area (Å²) in [7, 11) is 1.55. The number of carbonyl (C=O) groups is 2. The second kappa shape index (κ2) is 8.82. The first-order chi connectivity index (χ1) is 14.0. The minimum Gasteiger partial charge on any atom is -0.496 e. The number of hydrogen-bond acceptors (Lipinski definition) is 5. The molecule has 2 aromatic carbocycles. The van der Waals surface area contributed by atoms with E-state index in [9.17, 15) is 9.59 Å². The average molecular weight is 394 g/mol. The van der Waals surface area contributed by atoms with Crippen LogP contribution in [0.2, 0.25) is 0 Å². The van der Waals surface area contributed by atoms with Gasteiger partial charge in [0.2, 0.25) is 0 Å². The SMILES string of the molecule is CCOc1cccc(NC2=C(c3ccccc3OC)C(=O)N(CC(C)C)C2=O)c1. The second-order valence-electron chi connectivity index (χ2n) is 7.15. The number of nitrogens with one attached hydrogen (secondary N) is 1. The predicted octanol–water partition coefficient (Wildman–Crippen LogP) is 3.94. The fourth-order valence-corrected chi connectivity index (χ4v) is 3.30. The van der Waals surface area contributed by atoms with E-state index in [1.54, 1.807) is 25.3 Å². The number of hydrogen-bond donors (Lipinski definition) is 1. The van der Waals surface area contributed by atoms with Crippen molar-refractivity contribution in [1.82, 2.24) is 4.90 Å². The van der Waals surface area contributed by atoms with E-state index >= 15 is 0 Å². The van der Waals surface area contributed by atoms with Crippen LogP contribution in [0.15, 0.2) is 54.2 Å². The molecule has 3 rings (SSSR count). The zero-order chi connectivity index (χ0) is 21.0. The normalized spacial score (nSPS) is 14.0. The van der Waals surface area contributed by atoms with E-state index in [-0.39, 0.29) is 23.4 Å². The Balaban J connectivity index is 2.08. The minimum absolute atomic E-state index is 0.155. The number of rotatable bonds is 8. The largest absolute Gasteiger partial charge is 0.496 e. The van der Waals surface area contributed by atoms with Gasteiger partial charge in [-0.2, -0.15) is 0 Å². The molecule has 1 aliphatic heterocycles. The van der Waals surface area contributed by atoms with E-state index in [4.69, 9.17) is 9.47 Å². The number of carbonyl (C=O) groups excluding carboxylic acids is 2. The molecule has 6 heteroatoms. The molecular weight excluding hydrogens is 368 g/mol. The Morgan fingerprint density at radius 3 is 2.48 bits per heavy atom. The van der Waals surface area contributed by atoms with Crippen molar-refractivity contribution >= 4 is 23.1 Å². The highest BCUT2D eigenvalue weighted by atomic mass is 16.5. The third kappa shape index (κ3) is 4.26. The lowest BCUT2D eigenvalue weighted by atomic mass is 10.0. The Hall–Kier alpha value is -3.28. The first-order valence-corrected chi connectivity index (χ1v) is 9.70. The summed E-state index contributed by atoms with van der Waals surface area (Å²) < 4.78 is 11.0. The number of methoxy groups -OCH3 is 1. The molecule has 0 aliphatic carbocycles. The maximum atomic E-state index is 13.2. The van der Waals surface area contributed by atoms with Gasteiger partial charge in [0, 0.05) is 23.9 Å². The van der Waals surface area contributed by atoms with Crippen molar-refractivity contribution in [3.05, 3.63) is 59.8 Å². The Bertz CT molecular complexity index is 949. The molecule has 0 spiro atoms. The summed E-state index contributed by atoms with van der Waals surface area (Å²) in [4.78, 5) is 27.7. The van der Waals surface area contributed by atoms with E-state index in [0.29, 0.717) is 41.5 Å². The highest BCUT2D eigenvalue weighted by molar-refractivity contribution is 6.37. The summed E-state index contributed by atoms with van der Waals surface area (Å²) in [5.41, 5.74) is 1.82. The lowest BCUT2D eigenvalue weighted by Crippen LogP contribution is -2.35. The summed E-state index contributed by atoms with van der Waals surface area (Å²) >= 11 is 0. The van der Waals surface area contributed by atoms with Crippen molar-refractivity contribution in [2.75, 3.05) is 25.6 Å². The lowest BCUT2D eigenvalue weighted by Gasteiger charge is -2.17. The summed E-state index contributed by atoms with van der Waals surface area (Å²) in [5.74, 6) is 0.718. The number of nitrogens with zero attached hydrogens (tertiary/aromatic N) is 1. The number of imide groups is 1. The Labute approximate surface area is 171 Å². The van der Waals surface area contributed by atoms with Gasteiger partial charge >= 0.3 is 0 Å². The molecule has 0 radical (unpaired) electrons. The average Bonchev–Trinajstić information content (AvgIpc) is 2.92. The van der Waals surface area contributed by atoms with Gasteiger partial charge in [0.15, 0.2) is 0 Å². The fourth-order valence-electron chi connectivity index (χ4n) is 3.30. The second-order valence-corrected chi connectivity index (χ2v) is 7.15. The highest BCUT2D eigenvalue weighted by Gasteiger charge is 2.40. The molecule has 6 nitrogen and oxygen atoms in total. The van der Waals surface area contributed by atoms with Gasteiger partial charge in [-0.1, -0.05) is 38.1 Å².